The summed E-state index contributed by atoms with van der Waals surface area (Å²) in [5.74, 6) is -3.27. The minimum atomic E-state index is -1.10. The number of carbonyl (C=O) groups is 2. The molecular formula is C9H9FN2O4S. The Balaban J connectivity index is 3.01. The van der Waals surface area contributed by atoms with Crippen molar-refractivity contribution in [3.8, 4) is 0 Å². The normalized spacial score (nSPS) is 10.0. The maximum absolute atomic E-state index is 13.4. The third kappa shape index (κ3) is 3.31. The van der Waals surface area contributed by atoms with Crippen LogP contribution in [-0.2, 0) is 9.53 Å². The van der Waals surface area contributed by atoms with Gasteiger partial charge in [-0.3, -0.25) is 4.79 Å². The standard InChI is InChI=1S/C9H9FN2O4S/c1-16-9(15)4-2-5(10)8(12-7(4)11)17-3-6(13)14/h2H,3H2,1H3,(H2,11,12)(H,13,14). The SMILES string of the molecule is COC(=O)c1cc(F)c(SCC(=O)O)nc1N. The Bertz CT molecular complexity index is 467. The van der Waals surface area contributed by atoms with Gasteiger partial charge in [0.15, 0.2) is 5.82 Å². The molecule has 0 aliphatic heterocycles. The first-order valence-corrected chi connectivity index (χ1v) is 5.33. The van der Waals surface area contributed by atoms with Crippen LogP contribution in [0.3, 0.4) is 0 Å². The summed E-state index contributed by atoms with van der Waals surface area (Å²) in [6.45, 7) is 0. The number of anilines is 1. The molecule has 0 unspecified atom stereocenters. The van der Waals surface area contributed by atoms with Crippen molar-refractivity contribution in [2.24, 2.45) is 0 Å². The number of rotatable bonds is 4. The molecule has 1 aromatic rings. The number of esters is 1. The van der Waals surface area contributed by atoms with Crippen molar-refractivity contribution in [1.82, 2.24) is 4.98 Å². The van der Waals surface area contributed by atoms with Gasteiger partial charge in [0.1, 0.15) is 16.4 Å². The minimum Gasteiger partial charge on any atom is -0.481 e. The zero-order chi connectivity index (χ0) is 13.0. The minimum absolute atomic E-state index is 0.169. The average Bonchev–Trinajstić information content (AvgIpc) is 2.28. The van der Waals surface area contributed by atoms with Crippen molar-refractivity contribution in [3.63, 3.8) is 0 Å². The van der Waals surface area contributed by atoms with E-state index < -0.39 is 17.8 Å². The lowest BCUT2D eigenvalue weighted by molar-refractivity contribution is -0.133. The van der Waals surface area contributed by atoms with Gasteiger partial charge in [-0.15, -0.1) is 0 Å². The molecule has 1 heterocycles. The third-order valence-electron chi connectivity index (χ3n) is 1.71. The zero-order valence-electron chi connectivity index (χ0n) is 8.77. The smallest absolute Gasteiger partial charge is 0.341 e. The Kier molecular flexibility index (Phi) is 4.27. The first-order valence-electron chi connectivity index (χ1n) is 4.34. The van der Waals surface area contributed by atoms with Crippen molar-refractivity contribution < 1.29 is 23.8 Å². The van der Waals surface area contributed by atoms with Crippen molar-refractivity contribution in [3.05, 3.63) is 17.4 Å². The lowest BCUT2D eigenvalue weighted by Gasteiger charge is -2.06. The van der Waals surface area contributed by atoms with Gasteiger partial charge in [0.2, 0.25) is 0 Å². The van der Waals surface area contributed by atoms with Gasteiger partial charge in [0.25, 0.3) is 0 Å². The van der Waals surface area contributed by atoms with Crippen LogP contribution < -0.4 is 5.73 Å². The van der Waals surface area contributed by atoms with Crippen LogP contribution in [0, 0.1) is 5.82 Å². The molecule has 0 aromatic carbocycles. The molecule has 0 fully saturated rings. The number of methoxy groups -OCH3 is 1. The Hall–Kier alpha value is -1.83. The van der Waals surface area contributed by atoms with E-state index >= 15 is 0 Å². The molecule has 0 bridgehead atoms. The predicted molar refractivity (Wildman–Crippen MR) is 58.3 cm³/mol. The highest BCUT2D eigenvalue weighted by molar-refractivity contribution is 7.99. The number of aromatic nitrogens is 1. The number of nitrogens with two attached hydrogens (primary N) is 1. The number of hydrogen-bond acceptors (Lipinski definition) is 6. The molecule has 6 nitrogen and oxygen atoms in total. The molecule has 0 aliphatic rings. The molecule has 0 spiro atoms. The van der Waals surface area contributed by atoms with Gasteiger partial charge < -0.3 is 15.6 Å². The number of carboxylic acid groups (broad SMARTS) is 1. The monoisotopic (exact) mass is 260 g/mol. The summed E-state index contributed by atoms with van der Waals surface area (Å²) in [6.07, 6.45) is 0. The number of carboxylic acids is 1. The molecule has 0 saturated carbocycles. The molecule has 1 aromatic heterocycles. The number of ether oxygens (including phenoxy) is 1. The van der Waals surface area contributed by atoms with Gasteiger partial charge in [0, 0.05) is 0 Å². The number of thioether (sulfide) groups is 1. The largest absolute Gasteiger partial charge is 0.481 e. The van der Waals surface area contributed by atoms with Crippen LogP contribution in [0.5, 0.6) is 0 Å². The molecule has 0 saturated heterocycles. The van der Waals surface area contributed by atoms with E-state index in [-0.39, 0.29) is 22.2 Å². The molecule has 92 valence electrons. The van der Waals surface area contributed by atoms with E-state index in [2.05, 4.69) is 9.72 Å². The summed E-state index contributed by atoms with van der Waals surface area (Å²) in [5.41, 5.74) is 5.24. The van der Waals surface area contributed by atoms with E-state index in [9.17, 15) is 14.0 Å². The van der Waals surface area contributed by atoms with Crippen molar-refractivity contribution in [1.29, 1.82) is 0 Å². The van der Waals surface area contributed by atoms with Crippen LogP contribution in [0.25, 0.3) is 0 Å². The third-order valence-corrected chi connectivity index (χ3v) is 2.66. The number of hydrogen-bond donors (Lipinski definition) is 2. The van der Waals surface area contributed by atoms with Gasteiger partial charge >= 0.3 is 11.9 Å². The van der Waals surface area contributed by atoms with Crippen LogP contribution in [0.4, 0.5) is 10.2 Å². The quantitative estimate of drug-likeness (QED) is 0.608. The lowest BCUT2D eigenvalue weighted by atomic mass is 10.2. The second-order valence-electron chi connectivity index (χ2n) is 2.88. The summed E-state index contributed by atoms with van der Waals surface area (Å²) < 4.78 is 17.8. The summed E-state index contributed by atoms with van der Waals surface area (Å²) in [6, 6.07) is 0.873. The van der Waals surface area contributed by atoms with Crippen LogP contribution in [0.1, 0.15) is 10.4 Å². The van der Waals surface area contributed by atoms with Crippen LogP contribution in [0.15, 0.2) is 11.1 Å². The lowest BCUT2D eigenvalue weighted by Crippen LogP contribution is -2.09. The summed E-state index contributed by atoms with van der Waals surface area (Å²) >= 11 is 0.680. The summed E-state index contributed by atoms with van der Waals surface area (Å²) in [7, 11) is 1.13. The number of pyridine rings is 1. The van der Waals surface area contributed by atoms with E-state index in [1.165, 1.54) is 0 Å². The predicted octanol–water partition coefficient (Wildman–Crippen LogP) is 0.766. The van der Waals surface area contributed by atoms with Crippen molar-refractivity contribution >= 4 is 29.5 Å². The molecule has 17 heavy (non-hydrogen) atoms. The van der Waals surface area contributed by atoms with Gasteiger partial charge in [-0.25, -0.2) is 14.2 Å². The highest BCUT2D eigenvalue weighted by Gasteiger charge is 2.17. The molecule has 0 amide bonds. The van der Waals surface area contributed by atoms with Gasteiger partial charge in [-0.1, -0.05) is 11.8 Å². The summed E-state index contributed by atoms with van der Waals surface area (Å²) in [4.78, 5) is 25.1. The second kappa shape index (κ2) is 5.48. The topological polar surface area (TPSA) is 103 Å². The van der Waals surface area contributed by atoms with Crippen molar-refractivity contribution in [2.45, 2.75) is 5.03 Å². The maximum atomic E-state index is 13.4. The van der Waals surface area contributed by atoms with Gasteiger partial charge in [-0.2, -0.15) is 0 Å². The number of carbonyl (C=O) groups excluding carboxylic acids is 1. The van der Waals surface area contributed by atoms with Crippen LogP contribution >= 0.6 is 11.8 Å². The fourth-order valence-corrected chi connectivity index (χ4v) is 1.61. The molecule has 0 atom stereocenters. The second-order valence-corrected chi connectivity index (χ2v) is 3.85. The zero-order valence-corrected chi connectivity index (χ0v) is 9.58. The first kappa shape index (κ1) is 13.2. The molecule has 8 heteroatoms. The van der Waals surface area contributed by atoms with Crippen molar-refractivity contribution in [2.75, 3.05) is 18.6 Å². The number of nitrogens with zero attached hydrogens (tertiary/aromatic N) is 1. The number of halogens is 1. The summed E-state index contributed by atoms with van der Waals surface area (Å²) in [5, 5.41) is 8.27. The Morgan fingerprint density at radius 3 is 2.82 bits per heavy atom. The average molecular weight is 260 g/mol. The number of nitrogen functional groups attached to an aromatic ring is 1. The van der Waals surface area contributed by atoms with Crippen LogP contribution in [0.2, 0.25) is 0 Å². The fraction of sp³-hybridized carbons (Fsp3) is 0.222. The van der Waals surface area contributed by atoms with E-state index in [1.807, 2.05) is 0 Å². The van der Waals surface area contributed by atoms with E-state index in [4.69, 9.17) is 10.8 Å². The van der Waals surface area contributed by atoms with E-state index in [1.54, 1.807) is 0 Å². The van der Waals surface area contributed by atoms with E-state index in [0.717, 1.165) is 13.2 Å². The molecule has 0 aliphatic carbocycles. The van der Waals surface area contributed by atoms with Gasteiger partial charge in [0.05, 0.1) is 12.9 Å². The molecule has 1 rings (SSSR count). The Morgan fingerprint density at radius 2 is 2.29 bits per heavy atom. The van der Waals surface area contributed by atoms with Crippen LogP contribution in [-0.4, -0.2) is 34.9 Å². The molecule has 3 N–H and O–H groups in total. The maximum Gasteiger partial charge on any atom is 0.341 e. The van der Waals surface area contributed by atoms with Gasteiger partial charge in [-0.05, 0) is 6.07 Å². The first-order chi connectivity index (χ1) is 7.95. The highest BCUT2D eigenvalue weighted by atomic mass is 32.2. The number of aliphatic carboxylic acids is 1. The Labute approximate surface area is 100.0 Å². The Morgan fingerprint density at radius 1 is 1.65 bits per heavy atom. The molecule has 0 radical (unpaired) electrons. The molecular weight excluding hydrogens is 251 g/mol. The fourth-order valence-electron chi connectivity index (χ4n) is 0.990. The van der Waals surface area contributed by atoms with E-state index in [0.29, 0.717) is 11.8 Å². The highest BCUT2D eigenvalue weighted by Crippen LogP contribution is 2.23.